The SMILES string of the molecule is O=C(CNc1cccc(C(=O)NCC2CCCO2)c1)Nc1cccc(OCCc2ccccc2)c1. The lowest BCUT2D eigenvalue weighted by Gasteiger charge is -2.12. The predicted molar refractivity (Wildman–Crippen MR) is 137 cm³/mol. The van der Waals surface area contributed by atoms with Gasteiger partial charge in [0.1, 0.15) is 5.75 Å². The van der Waals surface area contributed by atoms with Crippen molar-refractivity contribution in [1.82, 2.24) is 5.32 Å². The van der Waals surface area contributed by atoms with Crippen molar-refractivity contribution < 1.29 is 19.1 Å². The predicted octanol–water partition coefficient (Wildman–Crippen LogP) is 4.27. The third-order valence-electron chi connectivity index (χ3n) is 5.71. The first-order valence-electron chi connectivity index (χ1n) is 12.0. The number of nitrogens with one attached hydrogen (secondary N) is 3. The van der Waals surface area contributed by atoms with Gasteiger partial charge >= 0.3 is 0 Å². The average molecular weight is 474 g/mol. The molecule has 7 nitrogen and oxygen atoms in total. The zero-order valence-electron chi connectivity index (χ0n) is 19.7. The van der Waals surface area contributed by atoms with Crippen molar-refractivity contribution in [3.8, 4) is 5.75 Å². The van der Waals surface area contributed by atoms with Crippen LogP contribution in [0.5, 0.6) is 5.75 Å². The largest absolute Gasteiger partial charge is 0.493 e. The van der Waals surface area contributed by atoms with Crippen LogP contribution < -0.4 is 20.7 Å². The molecule has 3 N–H and O–H groups in total. The molecule has 1 heterocycles. The van der Waals surface area contributed by atoms with Crippen molar-refractivity contribution in [3.05, 3.63) is 90.0 Å². The Labute approximate surface area is 205 Å². The van der Waals surface area contributed by atoms with Crippen LogP contribution in [0.15, 0.2) is 78.9 Å². The van der Waals surface area contributed by atoms with E-state index in [1.54, 1.807) is 18.2 Å². The van der Waals surface area contributed by atoms with Crippen LogP contribution >= 0.6 is 0 Å². The van der Waals surface area contributed by atoms with Crippen molar-refractivity contribution in [1.29, 1.82) is 0 Å². The van der Waals surface area contributed by atoms with E-state index in [0.29, 0.717) is 35.8 Å². The summed E-state index contributed by atoms with van der Waals surface area (Å²) in [6.45, 7) is 1.89. The molecule has 1 atom stereocenters. The van der Waals surface area contributed by atoms with Crippen molar-refractivity contribution >= 4 is 23.2 Å². The Bertz CT molecular complexity index is 1110. The van der Waals surface area contributed by atoms with Gasteiger partial charge in [-0.1, -0.05) is 42.5 Å². The molecule has 0 radical (unpaired) electrons. The maximum Gasteiger partial charge on any atom is 0.251 e. The van der Waals surface area contributed by atoms with Gasteiger partial charge in [-0.05, 0) is 48.7 Å². The zero-order chi connectivity index (χ0) is 24.3. The van der Waals surface area contributed by atoms with Crippen LogP contribution in [0, 0.1) is 0 Å². The van der Waals surface area contributed by atoms with Gasteiger partial charge < -0.3 is 25.4 Å². The number of hydrogen-bond acceptors (Lipinski definition) is 5. The Morgan fingerprint density at radius 1 is 0.943 bits per heavy atom. The van der Waals surface area contributed by atoms with Gasteiger partial charge in [0.15, 0.2) is 0 Å². The summed E-state index contributed by atoms with van der Waals surface area (Å²) in [7, 11) is 0. The fraction of sp³-hybridized carbons (Fsp3) is 0.286. The second kappa shape index (κ2) is 12.6. The van der Waals surface area contributed by atoms with E-state index < -0.39 is 0 Å². The molecule has 3 aromatic carbocycles. The Balaban J connectivity index is 1.22. The van der Waals surface area contributed by atoms with Gasteiger partial charge in [0.05, 0.1) is 19.3 Å². The maximum absolute atomic E-state index is 12.5. The smallest absolute Gasteiger partial charge is 0.251 e. The van der Waals surface area contributed by atoms with E-state index in [1.807, 2.05) is 48.5 Å². The van der Waals surface area contributed by atoms with E-state index in [9.17, 15) is 9.59 Å². The Kier molecular flexibility index (Phi) is 8.73. The maximum atomic E-state index is 12.5. The topological polar surface area (TPSA) is 88.7 Å². The molecule has 7 heteroatoms. The second-order valence-electron chi connectivity index (χ2n) is 8.44. The van der Waals surface area contributed by atoms with E-state index in [0.717, 1.165) is 25.9 Å². The lowest BCUT2D eigenvalue weighted by atomic mass is 10.1. The summed E-state index contributed by atoms with van der Waals surface area (Å²) in [5.74, 6) is 0.353. The fourth-order valence-corrected chi connectivity index (χ4v) is 3.87. The number of anilines is 2. The molecule has 1 saturated heterocycles. The van der Waals surface area contributed by atoms with Crippen LogP contribution in [0.25, 0.3) is 0 Å². The molecule has 35 heavy (non-hydrogen) atoms. The molecule has 1 fully saturated rings. The van der Waals surface area contributed by atoms with E-state index in [-0.39, 0.29) is 24.5 Å². The third kappa shape index (κ3) is 7.86. The summed E-state index contributed by atoms with van der Waals surface area (Å²) in [4.78, 5) is 24.9. The first-order valence-corrected chi connectivity index (χ1v) is 12.0. The third-order valence-corrected chi connectivity index (χ3v) is 5.71. The van der Waals surface area contributed by atoms with Gasteiger partial charge in [0, 0.05) is 42.6 Å². The summed E-state index contributed by atoms with van der Waals surface area (Å²) < 4.78 is 11.4. The van der Waals surface area contributed by atoms with Crippen LogP contribution in [0.3, 0.4) is 0 Å². The quantitative estimate of drug-likeness (QED) is 0.387. The van der Waals surface area contributed by atoms with Gasteiger partial charge in [-0.2, -0.15) is 0 Å². The summed E-state index contributed by atoms with van der Waals surface area (Å²) in [5.41, 5.74) is 3.11. The molecule has 1 aliphatic rings. The van der Waals surface area contributed by atoms with Crippen LogP contribution in [-0.4, -0.2) is 44.2 Å². The molecule has 0 bridgehead atoms. The Hall–Kier alpha value is -3.84. The van der Waals surface area contributed by atoms with Crippen LogP contribution in [0.2, 0.25) is 0 Å². The van der Waals surface area contributed by atoms with Crippen molar-refractivity contribution in [3.63, 3.8) is 0 Å². The number of hydrogen-bond donors (Lipinski definition) is 3. The van der Waals surface area contributed by atoms with Crippen LogP contribution in [0.4, 0.5) is 11.4 Å². The minimum Gasteiger partial charge on any atom is -0.493 e. The molecular weight excluding hydrogens is 442 g/mol. The van der Waals surface area contributed by atoms with E-state index in [2.05, 4.69) is 28.1 Å². The Morgan fingerprint density at radius 3 is 2.60 bits per heavy atom. The van der Waals surface area contributed by atoms with Gasteiger partial charge in [0.2, 0.25) is 5.91 Å². The number of carbonyl (C=O) groups excluding carboxylic acids is 2. The lowest BCUT2D eigenvalue weighted by Crippen LogP contribution is -2.31. The zero-order valence-corrected chi connectivity index (χ0v) is 19.7. The molecule has 0 aliphatic carbocycles. The van der Waals surface area contributed by atoms with Crippen molar-refractivity contribution in [2.24, 2.45) is 0 Å². The van der Waals surface area contributed by atoms with Crippen LogP contribution in [0.1, 0.15) is 28.8 Å². The minimum atomic E-state index is -0.195. The normalized spacial score (nSPS) is 14.8. The van der Waals surface area contributed by atoms with Gasteiger partial charge in [-0.15, -0.1) is 0 Å². The number of rotatable bonds is 11. The number of ether oxygens (including phenoxy) is 2. The highest BCUT2D eigenvalue weighted by Gasteiger charge is 2.16. The van der Waals surface area contributed by atoms with E-state index >= 15 is 0 Å². The van der Waals surface area contributed by atoms with Gasteiger partial charge in [0.25, 0.3) is 5.91 Å². The Morgan fingerprint density at radius 2 is 1.77 bits per heavy atom. The molecule has 0 spiro atoms. The van der Waals surface area contributed by atoms with Gasteiger partial charge in [-0.25, -0.2) is 0 Å². The minimum absolute atomic E-state index is 0.0695. The molecule has 182 valence electrons. The van der Waals surface area contributed by atoms with Gasteiger partial charge in [-0.3, -0.25) is 9.59 Å². The lowest BCUT2D eigenvalue weighted by molar-refractivity contribution is -0.114. The fourth-order valence-electron chi connectivity index (χ4n) is 3.87. The molecule has 2 amide bonds. The molecular formula is C28H31N3O4. The second-order valence-corrected chi connectivity index (χ2v) is 8.44. The molecule has 1 unspecified atom stereocenters. The van der Waals surface area contributed by atoms with Crippen molar-refractivity contribution in [2.75, 3.05) is 36.9 Å². The molecule has 0 aromatic heterocycles. The van der Waals surface area contributed by atoms with Crippen LogP contribution in [-0.2, 0) is 16.0 Å². The van der Waals surface area contributed by atoms with E-state index in [4.69, 9.17) is 9.47 Å². The summed E-state index contributed by atoms with van der Waals surface area (Å²) in [6, 6.07) is 24.6. The first-order chi connectivity index (χ1) is 17.2. The van der Waals surface area contributed by atoms with Crippen molar-refractivity contribution in [2.45, 2.75) is 25.4 Å². The average Bonchev–Trinajstić information content (AvgIpc) is 3.41. The molecule has 3 aromatic rings. The first kappa shape index (κ1) is 24.3. The highest BCUT2D eigenvalue weighted by molar-refractivity contribution is 5.96. The standard InChI is InChI=1S/C28H31N3O4/c32-27(31-24-11-5-12-25(18-24)35-16-14-21-7-2-1-3-8-21)20-29-23-10-4-9-22(17-23)28(33)30-19-26-13-6-15-34-26/h1-5,7-12,17-18,26,29H,6,13-16,19-20H2,(H,30,33)(H,31,32). The number of benzene rings is 3. The highest BCUT2D eigenvalue weighted by atomic mass is 16.5. The number of amides is 2. The monoisotopic (exact) mass is 473 g/mol. The molecule has 4 rings (SSSR count). The van der Waals surface area contributed by atoms with E-state index in [1.165, 1.54) is 5.56 Å². The molecule has 1 aliphatic heterocycles. The summed E-state index contributed by atoms with van der Waals surface area (Å²) in [5, 5.41) is 8.86. The number of carbonyl (C=O) groups is 2. The summed E-state index contributed by atoms with van der Waals surface area (Å²) >= 11 is 0. The molecule has 0 saturated carbocycles. The summed E-state index contributed by atoms with van der Waals surface area (Å²) in [6.07, 6.45) is 2.91. The highest BCUT2D eigenvalue weighted by Crippen LogP contribution is 2.18.